The highest BCUT2D eigenvalue weighted by molar-refractivity contribution is 7.71. The second kappa shape index (κ2) is 6.14. The smallest absolute Gasteiger partial charge is 0.257 e. The van der Waals surface area contributed by atoms with Crippen LogP contribution in [0.15, 0.2) is 34.8 Å². The van der Waals surface area contributed by atoms with Gasteiger partial charge in [-0.2, -0.15) is 0 Å². The SMILES string of the molecule is COc1cc([C@@H]2c3c([nH]c(=S)[nH]c3=O)NC3=CCCC(=O)[C@H]32)ccc1O. The molecule has 0 saturated heterocycles. The first-order valence-electron chi connectivity index (χ1n) is 8.22. The van der Waals surface area contributed by atoms with Gasteiger partial charge in [-0.05, 0) is 36.3 Å². The summed E-state index contributed by atoms with van der Waals surface area (Å²) in [6.45, 7) is 0. The topological polar surface area (TPSA) is 107 Å². The Hall–Kier alpha value is -2.87. The fourth-order valence-corrected chi connectivity index (χ4v) is 3.96. The summed E-state index contributed by atoms with van der Waals surface area (Å²) in [5, 5.41) is 13.1. The molecule has 0 spiro atoms. The van der Waals surface area contributed by atoms with Gasteiger partial charge in [-0.15, -0.1) is 0 Å². The first-order valence-corrected chi connectivity index (χ1v) is 8.63. The normalized spacial score (nSPS) is 21.3. The number of carbonyl (C=O) groups is 1. The van der Waals surface area contributed by atoms with Crippen LogP contribution < -0.4 is 15.6 Å². The van der Waals surface area contributed by atoms with Crippen molar-refractivity contribution >= 4 is 23.8 Å². The number of hydrogen-bond donors (Lipinski definition) is 4. The molecular formula is C18H17N3O4S. The van der Waals surface area contributed by atoms with Crippen LogP contribution in [0.1, 0.15) is 29.9 Å². The highest BCUT2D eigenvalue weighted by Crippen LogP contribution is 2.45. The number of hydrogen-bond acceptors (Lipinski definition) is 6. The van der Waals surface area contributed by atoms with Crippen molar-refractivity contribution in [3.63, 3.8) is 0 Å². The molecule has 0 saturated carbocycles. The Balaban J connectivity index is 2.00. The van der Waals surface area contributed by atoms with E-state index in [1.807, 2.05) is 6.08 Å². The van der Waals surface area contributed by atoms with Gasteiger partial charge < -0.3 is 20.1 Å². The maximum atomic E-state index is 12.7. The van der Waals surface area contributed by atoms with Gasteiger partial charge in [0.25, 0.3) is 5.56 Å². The summed E-state index contributed by atoms with van der Waals surface area (Å²) >= 11 is 5.08. The highest BCUT2D eigenvalue weighted by Gasteiger charge is 2.42. The van der Waals surface area contributed by atoms with E-state index in [9.17, 15) is 14.7 Å². The van der Waals surface area contributed by atoms with Crippen molar-refractivity contribution in [1.82, 2.24) is 9.97 Å². The lowest BCUT2D eigenvalue weighted by Gasteiger charge is -2.36. The molecular weight excluding hydrogens is 354 g/mol. The van der Waals surface area contributed by atoms with Gasteiger partial charge >= 0.3 is 0 Å². The van der Waals surface area contributed by atoms with Gasteiger partial charge in [0.15, 0.2) is 16.3 Å². The van der Waals surface area contributed by atoms with Gasteiger partial charge in [-0.25, -0.2) is 0 Å². The number of aromatic nitrogens is 2. The lowest BCUT2D eigenvalue weighted by molar-refractivity contribution is -0.122. The predicted molar refractivity (Wildman–Crippen MR) is 98.2 cm³/mol. The van der Waals surface area contributed by atoms with Crippen molar-refractivity contribution in [3.8, 4) is 11.5 Å². The van der Waals surface area contributed by atoms with Gasteiger partial charge in [0.1, 0.15) is 11.6 Å². The van der Waals surface area contributed by atoms with E-state index < -0.39 is 11.8 Å². The number of aromatic amines is 2. The molecule has 26 heavy (non-hydrogen) atoms. The van der Waals surface area contributed by atoms with Crippen LogP contribution >= 0.6 is 12.2 Å². The summed E-state index contributed by atoms with van der Waals surface area (Å²) in [5.41, 5.74) is 1.56. The Labute approximate surface area is 153 Å². The lowest BCUT2D eigenvalue weighted by Crippen LogP contribution is -2.38. The van der Waals surface area contributed by atoms with E-state index in [1.165, 1.54) is 13.2 Å². The minimum absolute atomic E-state index is 0.00229. The molecule has 4 rings (SSSR count). The average molecular weight is 371 g/mol. The Morgan fingerprint density at radius 1 is 1.23 bits per heavy atom. The number of rotatable bonds is 2. The van der Waals surface area contributed by atoms with E-state index >= 15 is 0 Å². The zero-order chi connectivity index (χ0) is 18.4. The molecule has 2 heterocycles. The molecule has 4 N–H and O–H groups in total. The summed E-state index contributed by atoms with van der Waals surface area (Å²) < 4.78 is 5.41. The van der Waals surface area contributed by atoms with E-state index in [0.29, 0.717) is 29.8 Å². The molecule has 8 heteroatoms. The number of Topliss-reactive ketones (excluding diaryl/α,β-unsaturated/α-hetero) is 1. The Morgan fingerprint density at radius 2 is 2.04 bits per heavy atom. The number of anilines is 1. The molecule has 1 aromatic heterocycles. The Kier molecular flexibility index (Phi) is 3.91. The summed E-state index contributed by atoms with van der Waals surface area (Å²) in [7, 11) is 1.45. The van der Waals surface area contributed by atoms with Crippen LogP contribution in [0.25, 0.3) is 0 Å². The number of phenols is 1. The summed E-state index contributed by atoms with van der Waals surface area (Å²) in [4.78, 5) is 31.0. The average Bonchev–Trinajstić information content (AvgIpc) is 2.60. The largest absolute Gasteiger partial charge is 0.504 e. The number of allylic oxidation sites excluding steroid dienone is 2. The number of phenolic OH excluding ortho intramolecular Hbond substituents is 1. The molecule has 0 bridgehead atoms. The molecule has 2 aliphatic rings. The fourth-order valence-electron chi connectivity index (χ4n) is 3.77. The van der Waals surface area contributed by atoms with E-state index in [-0.39, 0.29) is 27.6 Å². The maximum Gasteiger partial charge on any atom is 0.257 e. The minimum atomic E-state index is -0.504. The number of methoxy groups -OCH3 is 1. The third-order valence-corrected chi connectivity index (χ3v) is 5.10. The van der Waals surface area contributed by atoms with Gasteiger partial charge in [0.05, 0.1) is 18.6 Å². The van der Waals surface area contributed by atoms with E-state index in [1.54, 1.807) is 12.1 Å². The molecule has 0 radical (unpaired) electrons. The van der Waals surface area contributed by atoms with Gasteiger partial charge in [0.2, 0.25) is 0 Å². The van der Waals surface area contributed by atoms with Gasteiger partial charge in [-0.3, -0.25) is 14.6 Å². The number of carbonyl (C=O) groups excluding carboxylic acids is 1. The van der Waals surface area contributed by atoms with Crippen molar-refractivity contribution in [2.75, 3.05) is 12.4 Å². The summed E-state index contributed by atoms with van der Waals surface area (Å²) in [6, 6.07) is 4.87. The van der Waals surface area contributed by atoms with Crippen LogP contribution in [0.4, 0.5) is 5.82 Å². The number of aromatic hydroxyl groups is 1. The van der Waals surface area contributed by atoms with Crippen LogP contribution in [-0.4, -0.2) is 28.0 Å². The van der Waals surface area contributed by atoms with Crippen molar-refractivity contribution in [3.05, 3.63) is 56.2 Å². The molecule has 1 aliphatic carbocycles. The van der Waals surface area contributed by atoms with Crippen LogP contribution in [0.5, 0.6) is 11.5 Å². The second-order valence-corrected chi connectivity index (χ2v) is 6.78. The minimum Gasteiger partial charge on any atom is -0.504 e. The van der Waals surface area contributed by atoms with E-state index in [0.717, 1.165) is 5.70 Å². The lowest BCUT2D eigenvalue weighted by atomic mass is 9.72. The zero-order valence-corrected chi connectivity index (χ0v) is 14.8. The molecule has 134 valence electrons. The Morgan fingerprint density at radius 3 is 2.81 bits per heavy atom. The van der Waals surface area contributed by atoms with E-state index in [2.05, 4.69) is 15.3 Å². The van der Waals surface area contributed by atoms with Crippen LogP contribution in [-0.2, 0) is 4.79 Å². The van der Waals surface area contributed by atoms with Crippen molar-refractivity contribution < 1.29 is 14.6 Å². The zero-order valence-electron chi connectivity index (χ0n) is 14.0. The van der Waals surface area contributed by atoms with Crippen LogP contribution in [0, 0.1) is 10.7 Å². The van der Waals surface area contributed by atoms with Crippen molar-refractivity contribution in [2.45, 2.75) is 18.8 Å². The van der Waals surface area contributed by atoms with Crippen LogP contribution in [0.2, 0.25) is 0 Å². The first kappa shape index (κ1) is 16.6. The van der Waals surface area contributed by atoms with Crippen molar-refractivity contribution in [2.24, 2.45) is 5.92 Å². The molecule has 0 unspecified atom stereocenters. The number of nitrogens with one attached hydrogen (secondary N) is 3. The van der Waals surface area contributed by atoms with Gasteiger partial charge in [-0.1, -0.05) is 12.1 Å². The molecule has 1 aliphatic heterocycles. The van der Waals surface area contributed by atoms with E-state index in [4.69, 9.17) is 17.0 Å². The Bertz CT molecular complexity index is 1050. The number of ether oxygens (including phenoxy) is 1. The second-order valence-electron chi connectivity index (χ2n) is 6.37. The molecule has 2 aromatic rings. The quantitative estimate of drug-likeness (QED) is 0.605. The fraction of sp³-hybridized carbons (Fsp3) is 0.278. The number of fused-ring (bicyclic) bond motifs is 2. The molecule has 1 aromatic carbocycles. The molecule has 0 amide bonds. The number of benzene rings is 1. The van der Waals surface area contributed by atoms with Gasteiger partial charge in [0, 0.05) is 18.0 Å². The first-order chi connectivity index (χ1) is 12.5. The molecule has 2 atom stereocenters. The number of ketones is 1. The van der Waals surface area contributed by atoms with Crippen molar-refractivity contribution in [1.29, 1.82) is 0 Å². The third-order valence-electron chi connectivity index (χ3n) is 4.89. The summed E-state index contributed by atoms with van der Waals surface area (Å²) in [6.07, 6.45) is 3.07. The predicted octanol–water partition coefficient (Wildman–Crippen LogP) is 2.57. The molecule has 0 fully saturated rings. The monoisotopic (exact) mass is 371 g/mol. The third kappa shape index (κ3) is 2.53. The number of H-pyrrole nitrogens is 2. The maximum absolute atomic E-state index is 12.7. The molecule has 7 nitrogen and oxygen atoms in total. The van der Waals surface area contributed by atoms with Crippen LogP contribution in [0.3, 0.4) is 0 Å². The highest BCUT2D eigenvalue weighted by atomic mass is 32.1. The summed E-state index contributed by atoms with van der Waals surface area (Å²) in [5.74, 6) is -0.145. The standard InChI is InChI=1S/C18H17N3O4S/c1-25-12-7-8(5-6-10(12)22)13-14-9(3-2-4-11(14)23)19-16-15(13)17(24)21-18(26)20-16/h3,5-7,13-14,22H,2,4H2,1H3,(H3,19,20,21,24,26)/t13-,14-/m0/s1.